The van der Waals surface area contributed by atoms with Crippen LogP contribution < -0.4 is 14.9 Å². The molecule has 0 radical (unpaired) electrons. The molecule has 0 N–H and O–H groups in total. The monoisotopic (exact) mass is 434 g/mol. The van der Waals surface area contributed by atoms with E-state index in [-0.39, 0.29) is 0 Å². The molecule has 2 heterocycles. The van der Waals surface area contributed by atoms with Crippen LogP contribution in [0.1, 0.15) is 0 Å². The maximum absolute atomic E-state index is 5.15. The Morgan fingerprint density at radius 2 is 1.07 bits per heavy atom. The van der Waals surface area contributed by atoms with Gasteiger partial charge in [0.25, 0.3) is 0 Å². The number of hydrogen-bond donors (Lipinski definition) is 0. The summed E-state index contributed by atoms with van der Waals surface area (Å²) < 4.78 is 17.1. The number of fused-ring (bicyclic) bond motifs is 2. The fourth-order valence-corrected chi connectivity index (χ4v) is 7.09. The molecule has 0 spiro atoms. The zero-order chi connectivity index (χ0) is 19.8. The largest absolute Gasteiger partial charge is 0.320 e. The van der Waals surface area contributed by atoms with Crippen LogP contribution in [0.15, 0.2) is 88.4 Å². The zero-order valence-electron chi connectivity index (χ0n) is 16.1. The first-order valence-corrected chi connectivity index (χ1v) is 12.1. The Kier molecular flexibility index (Phi) is 4.92. The van der Waals surface area contributed by atoms with Crippen LogP contribution in [0.25, 0.3) is 20.4 Å². The molecule has 7 heteroatoms. The minimum Gasteiger partial charge on any atom is -0.320 e. The lowest BCUT2D eigenvalue weighted by Crippen LogP contribution is -2.13. The van der Waals surface area contributed by atoms with Crippen molar-refractivity contribution in [1.82, 2.24) is 9.13 Å². The van der Waals surface area contributed by atoms with Gasteiger partial charge in [-0.3, -0.25) is 0 Å². The van der Waals surface area contributed by atoms with E-state index in [2.05, 4.69) is 96.0 Å². The van der Waals surface area contributed by atoms with Gasteiger partial charge in [0.1, 0.15) is 0 Å². The number of para-hydroxylation sites is 2. The lowest BCUT2D eigenvalue weighted by molar-refractivity contribution is 0.914. The Morgan fingerprint density at radius 3 is 1.55 bits per heavy atom. The maximum atomic E-state index is 5.15. The van der Waals surface area contributed by atoms with E-state index in [4.69, 9.17) is 9.53 Å². The fraction of sp³-hybridized carbons (Fsp3) is 0.0909. The molecule has 29 heavy (non-hydrogen) atoms. The fourth-order valence-electron chi connectivity index (χ4n) is 3.22. The topological polar surface area (TPSA) is 34.6 Å². The van der Waals surface area contributed by atoms with Crippen molar-refractivity contribution in [3.05, 3.63) is 88.5 Å². The third-order valence-corrected chi connectivity index (χ3v) is 8.79. The van der Waals surface area contributed by atoms with E-state index in [9.17, 15) is 0 Å². The Bertz CT molecular complexity index is 1350. The molecular formula is C22H19N4PS2. The van der Waals surface area contributed by atoms with Gasteiger partial charge in [0.15, 0.2) is 17.8 Å². The number of benzene rings is 3. The van der Waals surface area contributed by atoms with Gasteiger partial charge in [-0.05, 0) is 24.3 Å². The Labute approximate surface area is 177 Å². The maximum Gasteiger partial charge on any atom is 0.191 e. The van der Waals surface area contributed by atoms with E-state index in [1.54, 1.807) is 22.7 Å². The quantitative estimate of drug-likeness (QED) is 0.361. The van der Waals surface area contributed by atoms with Gasteiger partial charge in [-0.15, -0.1) is 0 Å². The molecule has 0 saturated heterocycles. The van der Waals surface area contributed by atoms with E-state index >= 15 is 0 Å². The van der Waals surface area contributed by atoms with Crippen molar-refractivity contribution in [2.24, 2.45) is 23.6 Å². The van der Waals surface area contributed by atoms with Gasteiger partial charge in [0.05, 0.1) is 20.4 Å². The number of aromatic nitrogens is 2. The van der Waals surface area contributed by atoms with Gasteiger partial charge < -0.3 is 9.13 Å². The molecule has 0 bridgehead atoms. The summed E-state index contributed by atoms with van der Waals surface area (Å²) in [5, 5.41) is 1.15. The molecule has 0 saturated carbocycles. The first kappa shape index (κ1) is 18.5. The summed E-state index contributed by atoms with van der Waals surface area (Å²) in [6.07, 6.45) is 0. The molecule has 0 amide bonds. The van der Waals surface area contributed by atoms with E-state index in [1.165, 1.54) is 20.4 Å². The van der Waals surface area contributed by atoms with Gasteiger partial charge in [-0.1, -0.05) is 77.3 Å². The second-order valence-corrected chi connectivity index (χ2v) is 10.2. The first-order valence-electron chi connectivity index (χ1n) is 9.24. The van der Waals surface area contributed by atoms with Crippen LogP contribution in [0.5, 0.6) is 0 Å². The highest BCUT2D eigenvalue weighted by molar-refractivity contribution is 7.62. The van der Waals surface area contributed by atoms with Gasteiger partial charge in [0.2, 0.25) is 0 Å². The zero-order valence-corrected chi connectivity index (χ0v) is 18.6. The van der Waals surface area contributed by atoms with Gasteiger partial charge >= 0.3 is 0 Å². The van der Waals surface area contributed by atoms with Gasteiger partial charge in [-0.25, -0.2) is 9.53 Å². The summed E-state index contributed by atoms with van der Waals surface area (Å²) in [6, 6.07) is 27.3. The normalized spacial score (nSPS) is 14.1. The van der Waals surface area contributed by atoms with Crippen molar-refractivity contribution < 1.29 is 0 Å². The lowest BCUT2D eigenvalue weighted by Gasteiger charge is -2.06. The van der Waals surface area contributed by atoms with Crippen molar-refractivity contribution >= 4 is 56.6 Å². The molecule has 5 aromatic rings. The lowest BCUT2D eigenvalue weighted by atomic mass is 10.3. The predicted molar refractivity (Wildman–Crippen MR) is 126 cm³/mol. The molecule has 0 aliphatic rings. The molecule has 5 rings (SSSR count). The van der Waals surface area contributed by atoms with Crippen LogP contribution in [0.2, 0.25) is 0 Å². The molecule has 3 aromatic carbocycles. The third-order valence-electron chi connectivity index (χ3n) is 4.78. The molecule has 2 aromatic heterocycles. The smallest absolute Gasteiger partial charge is 0.191 e. The highest BCUT2D eigenvalue weighted by atomic mass is 32.1. The molecule has 0 atom stereocenters. The molecule has 0 aliphatic carbocycles. The summed E-state index contributed by atoms with van der Waals surface area (Å²) in [6.45, 7) is 0. The molecule has 0 aliphatic heterocycles. The number of rotatable bonds is 3. The average Bonchev–Trinajstić information content (AvgIpc) is 3.25. The van der Waals surface area contributed by atoms with Crippen LogP contribution in [0.4, 0.5) is 0 Å². The summed E-state index contributed by atoms with van der Waals surface area (Å²) in [7, 11) is 3.07. The van der Waals surface area contributed by atoms with Crippen molar-refractivity contribution in [2.75, 3.05) is 0 Å². The van der Waals surface area contributed by atoms with Crippen LogP contribution >= 0.6 is 30.9 Å². The average molecular weight is 435 g/mol. The molecule has 0 fully saturated rings. The van der Waals surface area contributed by atoms with Gasteiger partial charge in [0, 0.05) is 19.4 Å². The molecule has 144 valence electrons. The SMILES string of the molecule is Cn1/c(=N/P(/N=c2\sc3ccccc3n2C)c2ccccc2)sc2ccccc21. The standard InChI is InChI=1S/C22H19N4PS2/c1-25-17-12-6-8-14-19(17)28-21(25)23-27(16-10-4-3-5-11-16)24-22-26(2)18-13-7-9-15-20(18)29-22/h3-15H,1-2H3/b23-21-,24-22-. The van der Waals surface area contributed by atoms with Crippen LogP contribution in [0.3, 0.4) is 0 Å². The number of thiazole rings is 2. The molecule has 4 nitrogen and oxygen atoms in total. The number of aryl methyl sites for hydroxylation is 2. The van der Waals surface area contributed by atoms with E-state index in [1.807, 2.05) is 6.07 Å². The Hall–Kier alpha value is -2.53. The van der Waals surface area contributed by atoms with E-state index in [0.717, 1.165) is 14.9 Å². The van der Waals surface area contributed by atoms with E-state index < -0.39 is 8.22 Å². The van der Waals surface area contributed by atoms with Crippen LogP contribution in [0, 0.1) is 0 Å². The highest BCUT2D eigenvalue weighted by Gasteiger charge is 2.12. The third kappa shape index (κ3) is 3.48. The van der Waals surface area contributed by atoms with Crippen LogP contribution in [-0.4, -0.2) is 9.13 Å². The Morgan fingerprint density at radius 1 is 0.621 bits per heavy atom. The van der Waals surface area contributed by atoms with Crippen molar-refractivity contribution in [3.63, 3.8) is 0 Å². The second kappa shape index (κ2) is 7.71. The highest BCUT2D eigenvalue weighted by Crippen LogP contribution is 2.37. The minimum absolute atomic E-state index is 0.994. The van der Waals surface area contributed by atoms with E-state index in [0.29, 0.717) is 0 Å². The second-order valence-electron chi connectivity index (χ2n) is 6.65. The minimum atomic E-state index is -1.09. The van der Waals surface area contributed by atoms with Crippen molar-refractivity contribution in [2.45, 2.75) is 0 Å². The molecule has 0 unspecified atom stereocenters. The summed E-state index contributed by atoms with van der Waals surface area (Å²) in [5.74, 6) is 0. The predicted octanol–water partition coefficient (Wildman–Crippen LogP) is 4.93. The summed E-state index contributed by atoms with van der Waals surface area (Å²) >= 11 is 3.43. The Balaban J connectivity index is 1.74. The first-order chi connectivity index (χ1) is 14.2. The number of hydrogen-bond acceptors (Lipinski definition) is 4. The number of nitrogens with zero attached hydrogens (tertiary/aromatic N) is 4. The van der Waals surface area contributed by atoms with Crippen molar-refractivity contribution in [1.29, 1.82) is 0 Å². The van der Waals surface area contributed by atoms with Crippen LogP contribution in [-0.2, 0) is 14.1 Å². The van der Waals surface area contributed by atoms with Gasteiger partial charge in [-0.2, -0.15) is 0 Å². The summed E-state index contributed by atoms with van der Waals surface area (Å²) in [5.41, 5.74) is 2.40. The van der Waals surface area contributed by atoms with Crippen molar-refractivity contribution in [3.8, 4) is 0 Å². The summed E-state index contributed by atoms with van der Waals surface area (Å²) in [4.78, 5) is 1.99. The molecular weight excluding hydrogens is 415 g/mol.